The Bertz CT molecular complexity index is 1060. The average Bonchev–Trinajstić information content (AvgIpc) is 3.30. The molecule has 1 aromatic carbocycles. The molecule has 11 nitrogen and oxygen atoms in total. The molecule has 0 radical (unpaired) electrons. The maximum Gasteiger partial charge on any atom is 0.345 e. The number of esters is 2. The number of carbonyl (C=O) groups excluding carboxylic acids is 2. The van der Waals surface area contributed by atoms with E-state index in [1.165, 1.54) is 7.11 Å². The van der Waals surface area contributed by atoms with Crippen LogP contribution in [-0.4, -0.2) is 113 Å². The van der Waals surface area contributed by atoms with Crippen LogP contribution in [0.15, 0.2) is 11.6 Å². The molecule has 0 bridgehead atoms. The highest BCUT2D eigenvalue weighted by molar-refractivity contribution is 5.98. The number of carbonyl (C=O) groups is 2. The van der Waals surface area contributed by atoms with Gasteiger partial charge in [0.1, 0.15) is 23.7 Å². The number of rotatable bonds is 13. The van der Waals surface area contributed by atoms with Crippen LogP contribution in [0.5, 0.6) is 11.5 Å². The third-order valence-corrected chi connectivity index (χ3v) is 7.60. The van der Waals surface area contributed by atoms with Crippen molar-refractivity contribution in [1.82, 2.24) is 9.80 Å². The van der Waals surface area contributed by atoms with Gasteiger partial charge < -0.3 is 33.5 Å². The van der Waals surface area contributed by atoms with Gasteiger partial charge in [-0.3, -0.25) is 14.6 Å². The molecule has 3 aliphatic rings. The predicted molar refractivity (Wildman–Crippen MR) is 146 cm³/mol. The molecule has 1 unspecified atom stereocenters. The van der Waals surface area contributed by atoms with Crippen LogP contribution in [0.2, 0.25) is 0 Å². The first kappa shape index (κ1) is 30.3. The minimum atomic E-state index is -0.899. The second-order valence-electron chi connectivity index (χ2n) is 10.3. The largest absolute Gasteiger partial charge is 0.507 e. The quantitative estimate of drug-likeness (QED) is 0.282. The molecule has 2 saturated heterocycles. The van der Waals surface area contributed by atoms with Gasteiger partial charge >= 0.3 is 11.9 Å². The number of hydrogen-bond acceptors (Lipinski definition) is 11. The second-order valence-corrected chi connectivity index (χ2v) is 10.3. The van der Waals surface area contributed by atoms with Crippen LogP contribution in [0.4, 0.5) is 0 Å². The van der Waals surface area contributed by atoms with E-state index in [2.05, 4.69) is 9.80 Å². The lowest BCUT2D eigenvalue weighted by Crippen LogP contribution is -2.38. The number of ether oxygens (including phenoxy) is 6. The third-order valence-electron chi connectivity index (χ3n) is 7.60. The summed E-state index contributed by atoms with van der Waals surface area (Å²) in [6, 6.07) is 0. The van der Waals surface area contributed by atoms with E-state index in [1.54, 1.807) is 0 Å². The summed E-state index contributed by atoms with van der Waals surface area (Å²) >= 11 is 0. The highest BCUT2D eigenvalue weighted by atomic mass is 16.7. The number of methoxy groups -OCH3 is 1. The van der Waals surface area contributed by atoms with E-state index in [0.717, 1.165) is 31.8 Å². The van der Waals surface area contributed by atoms with Crippen molar-refractivity contribution in [2.24, 2.45) is 0 Å². The fraction of sp³-hybridized carbons (Fsp3) is 0.655. The number of fused-ring (bicyclic) bond motifs is 1. The van der Waals surface area contributed by atoms with Gasteiger partial charge in [0.2, 0.25) is 6.29 Å². The van der Waals surface area contributed by atoms with Crippen molar-refractivity contribution in [3.63, 3.8) is 0 Å². The van der Waals surface area contributed by atoms with Crippen LogP contribution in [0, 0.1) is 6.92 Å². The summed E-state index contributed by atoms with van der Waals surface area (Å²) in [5.41, 5.74) is 2.79. The Balaban J connectivity index is 1.33. The maximum atomic E-state index is 12.8. The number of aromatic hydroxyl groups is 1. The molecule has 1 aromatic rings. The van der Waals surface area contributed by atoms with Crippen molar-refractivity contribution in [3.05, 3.63) is 33.9 Å². The second kappa shape index (κ2) is 14.8. The van der Waals surface area contributed by atoms with E-state index in [4.69, 9.17) is 28.4 Å². The Morgan fingerprint density at radius 3 is 2.27 bits per heavy atom. The SMILES string of the molecule is COc1c(C)c2c(c(O)c1CC=C(C)CCC(=O)OCCN1CCOCC1)C(=O)OC2OCCN1CCOCC1. The Morgan fingerprint density at radius 1 is 1.02 bits per heavy atom. The van der Waals surface area contributed by atoms with Crippen LogP contribution < -0.4 is 4.74 Å². The van der Waals surface area contributed by atoms with Crippen LogP contribution in [0.3, 0.4) is 0 Å². The molecule has 222 valence electrons. The number of phenolic OH excluding ortho intramolecular Hbond substituents is 1. The van der Waals surface area contributed by atoms with E-state index >= 15 is 0 Å². The Morgan fingerprint density at radius 2 is 1.65 bits per heavy atom. The molecule has 2 fully saturated rings. The molecule has 40 heavy (non-hydrogen) atoms. The Hall–Kier alpha value is -2.70. The van der Waals surface area contributed by atoms with Gasteiger partial charge in [-0.2, -0.15) is 0 Å². The van der Waals surface area contributed by atoms with Gasteiger partial charge in [-0.1, -0.05) is 11.6 Å². The van der Waals surface area contributed by atoms with Gasteiger partial charge in [0.05, 0.1) is 40.1 Å². The molecule has 1 atom stereocenters. The average molecular weight is 563 g/mol. The number of hydrogen-bond donors (Lipinski definition) is 1. The number of morpholine rings is 2. The first-order chi connectivity index (χ1) is 19.4. The lowest BCUT2D eigenvalue weighted by atomic mass is 9.94. The monoisotopic (exact) mass is 562 g/mol. The van der Waals surface area contributed by atoms with Crippen LogP contribution in [-0.2, 0) is 34.9 Å². The summed E-state index contributed by atoms with van der Waals surface area (Å²) in [4.78, 5) is 29.4. The number of cyclic esters (lactones) is 1. The van der Waals surface area contributed by atoms with Gasteiger partial charge in [0, 0.05) is 62.4 Å². The maximum absolute atomic E-state index is 12.8. The fourth-order valence-electron chi connectivity index (χ4n) is 5.20. The fourth-order valence-corrected chi connectivity index (χ4v) is 5.20. The molecular formula is C29H42N2O9. The summed E-state index contributed by atoms with van der Waals surface area (Å²) in [5.74, 6) is -0.523. The molecule has 0 aromatic heterocycles. The number of nitrogens with zero attached hydrogens (tertiary/aromatic N) is 2. The highest BCUT2D eigenvalue weighted by Gasteiger charge is 2.39. The molecule has 4 rings (SSSR count). The zero-order chi connectivity index (χ0) is 28.5. The van der Waals surface area contributed by atoms with E-state index in [9.17, 15) is 14.7 Å². The summed E-state index contributed by atoms with van der Waals surface area (Å²) < 4.78 is 33.2. The van der Waals surface area contributed by atoms with Crippen molar-refractivity contribution in [3.8, 4) is 11.5 Å². The van der Waals surface area contributed by atoms with Crippen molar-refractivity contribution in [1.29, 1.82) is 0 Å². The van der Waals surface area contributed by atoms with Gasteiger partial charge in [-0.05, 0) is 26.7 Å². The summed E-state index contributed by atoms with van der Waals surface area (Å²) in [7, 11) is 1.53. The van der Waals surface area contributed by atoms with E-state index in [1.807, 2.05) is 19.9 Å². The highest BCUT2D eigenvalue weighted by Crippen LogP contribution is 2.46. The normalized spacial score (nSPS) is 20.3. The van der Waals surface area contributed by atoms with Crippen LogP contribution in [0.1, 0.15) is 53.1 Å². The van der Waals surface area contributed by atoms with E-state index in [-0.39, 0.29) is 23.7 Å². The van der Waals surface area contributed by atoms with Crippen LogP contribution in [0.25, 0.3) is 0 Å². The van der Waals surface area contributed by atoms with Crippen molar-refractivity contribution < 1.29 is 43.1 Å². The summed E-state index contributed by atoms with van der Waals surface area (Å²) in [5, 5.41) is 11.1. The summed E-state index contributed by atoms with van der Waals surface area (Å²) in [6.45, 7) is 12.1. The zero-order valence-electron chi connectivity index (χ0n) is 23.9. The topological polar surface area (TPSA) is 116 Å². The Labute approximate surface area is 235 Å². The van der Waals surface area contributed by atoms with Gasteiger partial charge in [-0.25, -0.2) is 4.79 Å². The molecule has 11 heteroatoms. The third kappa shape index (κ3) is 7.73. The molecule has 3 aliphatic heterocycles. The first-order valence-corrected chi connectivity index (χ1v) is 14.0. The molecule has 1 N–H and O–H groups in total. The van der Waals surface area contributed by atoms with Crippen molar-refractivity contribution >= 4 is 11.9 Å². The minimum absolute atomic E-state index is 0.125. The molecule has 3 heterocycles. The van der Waals surface area contributed by atoms with Crippen LogP contribution >= 0.6 is 0 Å². The van der Waals surface area contributed by atoms with Crippen molar-refractivity contribution in [2.45, 2.75) is 39.4 Å². The standard InChI is InChI=1S/C29H42N2O9/c1-20(5-7-23(32)38-18-12-30-8-14-36-15-9-30)4-6-22-26(33)25-24(21(2)27(22)35-3)29(40-28(25)34)39-19-13-31-10-16-37-17-11-31/h4,29,33H,5-19H2,1-3H3. The number of phenols is 1. The molecular weight excluding hydrogens is 520 g/mol. The summed E-state index contributed by atoms with van der Waals surface area (Å²) in [6.07, 6.45) is 2.17. The van der Waals surface area contributed by atoms with Gasteiger partial charge in [-0.15, -0.1) is 0 Å². The van der Waals surface area contributed by atoms with Gasteiger partial charge in [0.15, 0.2) is 0 Å². The Kier molecular flexibility index (Phi) is 11.2. The minimum Gasteiger partial charge on any atom is -0.507 e. The van der Waals surface area contributed by atoms with E-state index < -0.39 is 12.3 Å². The smallest absolute Gasteiger partial charge is 0.345 e. The first-order valence-electron chi connectivity index (χ1n) is 14.0. The molecule has 0 spiro atoms. The number of allylic oxidation sites excluding steroid dienone is 2. The molecule has 0 aliphatic carbocycles. The predicted octanol–water partition coefficient (Wildman–Crippen LogP) is 2.37. The zero-order valence-corrected chi connectivity index (χ0v) is 23.9. The van der Waals surface area contributed by atoms with Gasteiger partial charge in [0.25, 0.3) is 0 Å². The lowest BCUT2D eigenvalue weighted by molar-refractivity contribution is -0.144. The van der Waals surface area contributed by atoms with E-state index in [0.29, 0.717) is 88.0 Å². The molecule has 0 amide bonds. The lowest BCUT2D eigenvalue weighted by Gasteiger charge is -2.27. The molecule has 0 saturated carbocycles. The van der Waals surface area contributed by atoms with Crippen molar-refractivity contribution in [2.75, 3.05) is 86.0 Å². The number of benzene rings is 1.